The van der Waals surface area contributed by atoms with Gasteiger partial charge in [-0.25, -0.2) is 0 Å². The van der Waals surface area contributed by atoms with Gasteiger partial charge in [-0.3, -0.25) is 0 Å². The van der Waals surface area contributed by atoms with Crippen LogP contribution < -0.4 is 0 Å². The first-order valence-corrected chi connectivity index (χ1v) is 4.61. The molecule has 0 aromatic rings. The van der Waals surface area contributed by atoms with Crippen molar-refractivity contribution in [1.82, 2.24) is 0 Å². The molecule has 11 heavy (non-hydrogen) atoms. The maximum absolute atomic E-state index is 6.25. The van der Waals surface area contributed by atoms with Gasteiger partial charge >= 0.3 is 0 Å². The third-order valence-corrected chi connectivity index (χ3v) is 2.31. The van der Waals surface area contributed by atoms with Crippen molar-refractivity contribution in [3.8, 4) is 0 Å². The summed E-state index contributed by atoms with van der Waals surface area (Å²) in [6.07, 6.45) is 9.81. The Morgan fingerprint density at radius 2 is 2.27 bits per heavy atom. The molecule has 1 rings (SSSR count). The summed E-state index contributed by atoms with van der Waals surface area (Å²) in [4.78, 5) is -0.226. The van der Waals surface area contributed by atoms with E-state index in [0.29, 0.717) is 0 Å². The van der Waals surface area contributed by atoms with E-state index < -0.39 is 0 Å². The fourth-order valence-electron chi connectivity index (χ4n) is 1.26. The van der Waals surface area contributed by atoms with Gasteiger partial charge in [0.05, 0.1) is 4.87 Å². The number of hydrogen-bond donors (Lipinski definition) is 0. The van der Waals surface area contributed by atoms with Crippen LogP contribution in [0.3, 0.4) is 0 Å². The number of allylic oxidation sites excluding steroid dienone is 4. The van der Waals surface area contributed by atoms with Crippen molar-refractivity contribution in [2.75, 3.05) is 0 Å². The second-order valence-corrected chi connectivity index (χ2v) is 4.51. The van der Waals surface area contributed by atoms with Crippen molar-refractivity contribution in [2.45, 2.75) is 30.0 Å². The molecule has 1 aliphatic rings. The molecule has 0 nitrogen and oxygen atoms in total. The molecular formula is C9H12Cl2. The molecule has 0 saturated heterocycles. The van der Waals surface area contributed by atoms with Crippen LogP contribution in [0, 0.1) is 0 Å². The first-order chi connectivity index (χ1) is 5.12. The van der Waals surface area contributed by atoms with Crippen LogP contribution in [0.2, 0.25) is 0 Å². The number of hydrogen-bond acceptors (Lipinski definition) is 0. The molecule has 2 atom stereocenters. The van der Waals surface area contributed by atoms with E-state index in [4.69, 9.17) is 23.2 Å². The van der Waals surface area contributed by atoms with E-state index >= 15 is 0 Å². The lowest BCUT2D eigenvalue weighted by molar-refractivity contribution is 0.626. The van der Waals surface area contributed by atoms with Gasteiger partial charge in [0.2, 0.25) is 0 Å². The quantitative estimate of drug-likeness (QED) is 0.586. The Morgan fingerprint density at radius 1 is 1.55 bits per heavy atom. The molecule has 0 heterocycles. The molecule has 0 N–H and O–H groups in total. The monoisotopic (exact) mass is 190 g/mol. The van der Waals surface area contributed by atoms with E-state index in [1.807, 2.05) is 25.2 Å². The highest BCUT2D eigenvalue weighted by Gasteiger charge is 2.25. The van der Waals surface area contributed by atoms with Crippen LogP contribution in [0.25, 0.3) is 0 Å². The summed E-state index contributed by atoms with van der Waals surface area (Å²) >= 11 is 12.1. The van der Waals surface area contributed by atoms with Crippen LogP contribution in [-0.2, 0) is 0 Å². The molecule has 2 unspecified atom stereocenters. The maximum atomic E-state index is 6.25. The van der Waals surface area contributed by atoms with Gasteiger partial charge in [0.25, 0.3) is 0 Å². The zero-order chi connectivity index (χ0) is 8.32. The highest BCUT2D eigenvalue weighted by molar-refractivity contribution is 6.27. The summed E-state index contributed by atoms with van der Waals surface area (Å²) in [5.41, 5.74) is 0. The molecule has 0 bridgehead atoms. The Morgan fingerprint density at radius 3 is 2.73 bits per heavy atom. The van der Waals surface area contributed by atoms with Crippen LogP contribution >= 0.6 is 23.2 Å². The molecular weight excluding hydrogens is 179 g/mol. The first kappa shape index (κ1) is 9.15. The fourth-order valence-corrected chi connectivity index (χ4v) is 2.01. The zero-order valence-electron chi connectivity index (χ0n) is 6.56. The lowest BCUT2D eigenvalue weighted by atomic mass is 9.95. The van der Waals surface area contributed by atoms with Crippen molar-refractivity contribution in [2.24, 2.45) is 0 Å². The van der Waals surface area contributed by atoms with Crippen molar-refractivity contribution in [1.29, 1.82) is 0 Å². The smallest absolute Gasteiger partial charge is 0.0677 e. The number of halogens is 2. The SMILES string of the molecule is CC(Cl)CC1(Cl)C=CC=CC1. The summed E-state index contributed by atoms with van der Waals surface area (Å²) in [6, 6.07) is 0. The normalized spacial score (nSPS) is 32.3. The molecule has 0 saturated carbocycles. The Kier molecular flexibility index (Phi) is 3.03. The van der Waals surface area contributed by atoms with Gasteiger partial charge in [-0.1, -0.05) is 24.3 Å². The van der Waals surface area contributed by atoms with E-state index in [2.05, 4.69) is 6.08 Å². The molecule has 0 radical (unpaired) electrons. The van der Waals surface area contributed by atoms with E-state index in [9.17, 15) is 0 Å². The minimum atomic E-state index is -0.226. The molecule has 2 heteroatoms. The highest BCUT2D eigenvalue weighted by Crippen LogP contribution is 2.31. The summed E-state index contributed by atoms with van der Waals surface area (Å²) in [6.45, 7) is 1.97. The lowest BCUT2D eigenvalue weighted by Gasteiger charge is -2.24. The van der Waals surface area contributed by atoms with Crippen molar-refractivity contribution >= 4 is 23.2 Å². The minimum Gasteiger partial charge on any atom is -0.123 e. The van der Waals surface area contributed by atoms with Gasteiger partial charge in [-0.05, 0) is 19.8 Å². The van der Waals surface area contributed by atoms with Gasteiger partial charge < -0.3 is 0 Å². The average molecular weight is 191 g/mol. The maximum Gasteiger partial charge on any atom is 0.0677 e. The predicted molar refractivity (Wildman–Crippen MR) is 51.4 cm³/mol. The van der Waals surface area contributed by atoms with E-state index in [0.717, 1.165) is 12.8 Å². The van der Waals surface area contributed by atoms with Crippen LogP contribution in [0.15, 0.2) is 24.3 Å². The third-order valence-electron chi connectivity index (χ3n) is 1.72. The fraction of sp³-hybridized carbons (Fsp3) is 0.556. The summed E-state index contributed by atoms with van der Waals surface area (Å²) in [5, 5.41) is 0.142. The van der Waals surface area contributed by atoms with Gasteiger partial charge in [0, 0.05) is 5.38 Å². The van der Waals surface area contributed by atoms with Crippen molar-refractivity contribution in [3.05, 3.63) is 24.3 Å². The second-order valence-electron chi connectivity index (χ2n) is 3.01. The summed E-state index contributed by atoms with van der Waals surface area (Å²) < 4.78 is 0. The van der Waals surface area contributed by atoms with E-state index in [1.54, 1.807) is 0 Å². The lowest BCUT2D eigenvalue weighted by Crippen LogP contribution is -2.22. The Hall–Kier alpha value is 0.0600. The Bertz CT molecular complexity index is 182. The Labute approximate surface area is 77.9 Å². The van der Waals surface area contributed by atoms with Gasteiger partial charge in [0.15, 0.2) is 0 Å². The zero-order valence-corrected chi connectivity index (χ0v) is 8.07. The third kappa shape index (κ3) is 2.88. The average Bonchev–Trinajstić information content (AvgIpc) is 1.85. The summed E-state index contributed by atoms with van der Waals surface area (Å²) in [5.74, 6) is 0. The topological polar surface area (TPSA) is 0 Å². The molecule has 0 aromatic carbocycles. The van der Waals surface area contributed by atoms with Gasteiger partial charge in [-0.15, -0.1) is 23.2 Å². The first-order valence-electron chi connectivity index (χ1n) is 3.80. The molecule has 0 fully saturated rings. The van der Waals surface area contributed by atoms with E-state index in [-0.39, 0.29) is 10.3 Å². The number of rotatable bonds is 2. The van der Waals surface area contributed by atoms with Gasteiger partial charge in [0.1, 0.15) is 0 Å². The van der Waals surface area contributed by atoms with E-state index in [1.165, 1.54) is 0 Å². The Balaban J connectivity index is 2.54. The number of alkyl halides is 2. The van der Waals surface area contributed by atoms with Crippen LogP contribution in [-0.4, -0.2) is 10.3 Å². The van der Waals surface area contributed by atoms with Crippen molar-refractivity contribution < 1.29 is 0 Å². The van der Waals surface area contributed by atoms with Crippen LogP contribution in [0.4, 0.5) is 0 Å². The van der Waals surface area contributed by atoms with Gasteiger partial charge in [-0.2, -0.15) is 0 Å². The standard InChI is InChI=1S/C9H12Cl2/c1-8(10)7-9(11)5-3-2-4-6-9/h2-5,8H,6-7H2,1H3. The molecule has 1 aliphatic carbocycles. The predicted octanol–water partition coefficient (Wildman–Crippen LogP) is 3.50. The highest BCUT2D eigenvalue weighted by atomic mass is 35.5. The molecule has 62 valence electrons. The molecule has 0 spiro atoms. The largest absolute Gasteiger partial charge is 0.123 e. The van der Waals surface area contributed by atoms with Crippen LogP contribution in [0.1, 0.15) is 19.8 Å². The molecule has 0 aromatic heterocycles. The minimum absolute atomic E-state index is 0.142. The second kappa shape index (κ2) is 3.64. The van der Waals surface area contributed by atoms with Crippen LogP contribution in [0.5, 0.6) is 0 Å². The molecule has 0 aliphatic heterocycles. The van der Waals surface area contributed by atoms with Crippen molar-refractivity contribution in [3.63, 3.8) is 0 Å². The summed E-state index contributed by atoms with van der Waals surface area (Å²) in [7, 11) is 0. The molecule has 0 amide bonds.